The Labute approximate surface area is 117 Å². The van der Waals surface area contributed by atoms with E-state index in [1.54, 1.807) is 10.7 Å². The van der Waals surface area contributed by atoms with Crippen molar-refractivity contribution in [2.45, 2.75) is 32.9 Å². The quantitative estimate of drug-likeness (QED) is 0.933. The zero-order chi connectivity index (χ0) is 14.8. The summed E-state index contributed by atoms with van der Waals surface area (Å²) in [6, 6.07) is 6.14. The molecule has 0 fully saturated rings. The van der Waals surface area contributed by atoms with Crippen LogP contribution in [-0.4, -0.2) is 15.0 Å². The third kappa shape index (κ3) is 3.12. The number of nitrogens with zero attached hydrogens (tertiary/aromatic N) is 4. The zero-order valence-corrected chi connectivity index (χ0v) is 11.7. The molecule has 0 saturated heterocycles. The summed E-state index contributed by atoms with van der Waals surface area (Å²) in [6.45, 7) is 6.58. The molecule has 6 heteroatoms. The molecule has 1 heterocycles. The number of nitriles is 1. The van der Waals surface area contributed by atoms with Gasteiger partial charge in [0, 0.05) is 5.69 Å². The maximum atomic E-state index is 13.2. The number of rotatable bonds is 3. The lowest BCUT2D eigenvalue weighted by atomic mass is 10.1. The summed E-state index contributed by atoms with van der Waals surface area (Å²) in [5, 5.41) is 20.0. The first-order valence-corrected chi connectivity index (χ1v) is 6.25. The number of halogens is 1. The molecule has 104 valence electrons. The lowest BCUT2D eigenvalue weighted by molar-refractivity contribution is 0.347. The summed E-state index contributed by atoms with van der Waals surface area (Å²) >= 11 is 0. The predicted molar refractivity (Wildman–Crippen MR) is 73.5 cm³/mol. The van der Waals surface area contributed by atoms with Gasteiger partial charge in [-0.1, -0.05) is 5.21 Å². The molecule has 0 amide bonds. The molecule has 0 saturated carbocycles. The summed E-state index contributed by atoms with van der Waals surface area (Å²) in [6.07, 6.45) is 1.86. The number of hydrogen-bond donors (Lipinski definition) is 1. The fraction of sp³-hybridized carbons (Fsp3) is 0.357. The molecule has 2 rings (SSSR count). The van der Waals surface area contributed by atoms with Crippen LogP contribution in [0.2, 0.25) is 0 Å². The van der Waals surface area contributed by atoms with Crippen molar-refractivity contribution < 1.29 is 4.39 Å². The number of anilines is 1. The maximum Gasteiger partial charge on any atom is 0.141 e. The highest BCUT2D eigenvalue weighted by Crippen LogP contribution is 2.15. The molecule has 0 atom stereocenters. The van der Waals surface area contributed by atoms with Gasteiger partial charge in [-0.2, -0.15) is 5.26 Å². The van der Waals surface area contributed by atoms with Gasteiger partial charge in [-0.3, -0.25) is 0 Å². The molecule has 2 aromatic rings. The van der Waals surface area contributed by atoms with Crippen LogP contribution in [0.25, 0.3) is 0 Å². The minimum absolute atomic E-state index is 0.0216. The van der Waals surface area contributed by atoms with E-state index in [1.165, 1.54) is 12.1 Å². The van der Waals surface area contributed by atoms with E-state index < -0.39 is 5.82 Å². The molecule has 1 aromatic carbocycles. The first-order chi connectivity index (χ1) is 9.40. The second-order valence-corrected chi connectivity index (χ2v) is 5.49. The van der Waals surface area contributed by atoms with E-state index >= 15 is 0 Å². The van der Waals surface area contributed by atoms with Crippen molar-refractivity contribution in [3.05, 3.63) is 41.5 Å². The lowest BCUT2D eigenvalue weighted by Gasteiger charge is -2.17. The first kappa shape index (κ1) is 14.0. The van der Waals surface area contributed by atoms with Gasteiger partial charge in [0.2, 0.25) is 0 Å². The van der Waals surface area contributed by atoms with Gasteiger partial charge in [0.25, 0.3) is 0 Å². The molecule has 0 radical (unpaired) electrons. The Hall–Kier alpha value is -2.42. The Kier molecular flexibility index (Phi) is 3.70. The van der Waals surface area contributed by atoms with Gasteiger partial charge >= 0.3 is 0 Å². The van der Waals surface area contributed by atoms with Gasteiger partial charge in [0.15, 0.2) is 0 Å². The van der Waals surface area contributed by atoms with Crippen molar-refractivity contribution in [3.8, 4) is 6.07 Å². The van der Waals surface area contributed by atoms with Crippen molar-refractivity contribution in [2.75, 3.05) is 5.32 Å². The molecule has 0 aliphatic rings. The third-order valence-corrected chi connectivity index (χ3v) is 2.79. The predicted octanol–water partition coefficient (Wildman–Crippen LogP) is 2.66. The van der Waals surface area contributed by atoms with Gasteiger partial charge in [-0.05, 0) is 39.0 Å². The number of hydrogen-bond acceptors (Lipinski definition) is 4. The highest BCUT2D eigenvalue weighted by atomic mass is 19.1. The monoisotopic (exact) mass is 273 g/mol. The van der Waals surface area contributed by atoms with Crippen LogP contribution in [0.3, 0.4) is 0 Å². The van der Waals surface area contributed by atoms with Crippen molar-refractivity contribution >= 4 is 5.69 Å². The van der Waals surface area contributed by atoms with Gasteiger partial charge in [0.05, 0.1) is 23.8 Å². The van der Waals surface area contributed by atoms with Gasteiger partial charge in [0.1, 0.15) is 17.6 Å². The van der Waals surface area contributed by atoms with E-state index in [2.05, 4.69) is 15.6 Å². The molecule has 20 heavy (non-hydrogen) atoms. The van der Waals surface area contributed by atoms with E-state index in [1.807, 2.05) is 33.0 Å². The Balaban J connectivity index is 2.06. The van der Waals surface area contributed by atoms with Crippen LogP contribution in [0.4, 0.5) is 10.1 Å². The molecular formula is C14H16FN5. The third-order valence-electron chi connectivity index (χ3n) is 2.79. The Morgan fingerprint density at radius 1 is 1.40 bits per heavy atom. The summed E-state index contributed by atoms with van der Waals surface area (Å²) in [5.74, 6) is -0.517. The molecule has 1 N–H and O–H groups in total. The minimum atomic E-state index is -0.517. The fourth-order valence-corrected chi connectivity index (χ4v) is 1.62. The van der Waals surface area contributed by atoms with Crippen molar-refractivity contribution in [3.63, 3.8) is 0 Å². The average molecular weight is 273 g/mol. The molecule has 5 nitrogen and oxygen atoms in total. The number of aromatic nitrogens is 3. The normalized spacial score (nSPS) is 11.2. The van der Waals surface area contributed by atoms with Crippen LogP contribution >= 0.6 is 0 Å². The number of benzene rings is 1. The summed E-state index contributed by atoms with van der Waals surface area (Å²) in [5.41, 5.74) is 1.36. The molecular weight excluding hydrogens is 257 g/mol. The summed E-state index contributed by atoms with van der Waals surface area (Å²) in [7, 11) is 0. The molecule has 0 spiro atoms. The molecule has 0 aliphatic heterocycles. The second-order valence-electron chi connectivity index (χ2n) is 5.49. The van der Waals surface area contributed by atoms with Crippen molar-refractivity contribution in [2.24, 2.45) is 0 Å². The van der Waals surface area contributed by atoms with Crippen LogP contribution in [0.1, 0.15) is 32.0 Å². The largest absolute Gasteiger partial charge is 0.379 e. The van der Waals surface area contributed by atoms with E-state index in [0.717, 1.165) is 5.69 Å². The highest BCUT2D eigenvalue weighted by Gasteiger charge is 2.14. The molecule has 0 bridgehead atoms. The Morgan fingerprint density at radius 3 is 2.75 bits per heavy atom. The van der Waals surface area contributed by atoms with Crippen LogP contribution in [0.15, 0.2) is 24.4 Å². The molecule has 0 unspecified atom stereocenters. The SMILES string of the molecule is CC(C)(C)n1cc(CNc2ccc(F)c(C#N)c2)nn1. The summed E-state index contributed by atoms with van der Waals surface area (Å²) < 4.78 is 15.0. The Bertz CT molecular complexity index is 648. The van der Waals surface area contributed by atoms with Gasteiger partial charge in [-0.15, -0.1) is 5.10 Å². The molecule has 0 aliphatic carbocycles. The standard InChI is InChI=1S/C14H16FN5/c1-14(2,3)20-9-12(18-19-20)8-17-11-4-5-13(15)10(6-11)7-16/h4-6,9,17H,8H2,1-3H3. The average Bonchev–Trinajstić information content (AvgIpc) is 2.86. The van der Waals surface area contributed by atoms with Gasteiger partial charge in [-0.25, -0.2) is 9.07 Å². The topological polar surface area (TPSA) is 66.5 Å². The van der Waals surface area contributed by atoms with Crippen LogP contribution in [0, 0.1) is 17.1 Å². The fourth-order valence-electron chi connectivity index (χ4n) is 1.62. The first-order valence-electron chi connectivity index (χ1n) is 6.25. The molecule has 1 aromatic heterocycles. The number of nitrogens with one attached hydrogen (secondary N) is 1. The van der Waals surface area contributed by atoms with Crippen molar-refractivity contribution in [1.82, 2.24) is 15.0 Å². The minimum Gasteiger partial charge on any atom is -0.379 e. The maximum absolute atomic E-state index is 13.2. The summed E-state index contributed by atoms with van der Waals surface area (Å²) in [4.78, 5) is 0. The van der Waals surface area contributed by atoms with E-state index in [0.29, 0.717) is 12.2 Å². The Morgan fingerprint density at radius 2 is 2.15 bits per heavy atom. The zero-order valence-electron chi connectivity index (χ0n) is 11.7. The van der Waals surface area contributed by atoms with Crippen LogP contribution in [-0.2, 0) is 12.1 Å². The highest BCUT2D eigenvalue weighted by molar-refractivity contribution is 5.49. The van der Waals surface area contributed by atoms with Crippen LogP contribution in [0.5, 0.6) is 0 Å². The van der Waals surface area contributed by atoms with E-state index in [4.69, 9.17) is 5.26 Å². The lowest BCUT2D eigenvalue weighted by Crippen LogP contribution is -2.22. The van der Waals surface area contributed by atoms with Crippen molar-refractivity contribution in [1.29, 1.82) is 5.26 Å². The van der Waals surface area contributed by atoms with E-state index in [9.17, 15) is 4.39 Å². The van der Waals surface area contributed by atoms with Gasteiger partial charge < -0.3 is 5.32 Å². The van der Waals surface area contributed by atoms with E-state index in [-0.39, 0.29) is 11.1 Å². The smallest absolute Gasteiger partial charge is 0.141 e. The second kappa shape index (κ2) is 5.29. The van der Waals surface area contributed by atoms with Crippen LogP contribution < -0.4 is 5.32 Å².